The second-order valence-corrected chi connectivity index (χ2v) is 5.57. The fraction of sp³-hybridized carbons (Fsp3) is 0.222. The van der Waals surface area contributed by atoms with E-state index in [0.29, 0.717) is 24.4 Å². The SMILES string of the molecule is O=C(NCC(CO)Cc1ccco1)c1cnc(-c2ccncc2)nc1. The first-order valence-corrected chi connectivity index (χ1v) is 7.90. The van der Waals surface area contributed by atoms with Gasteiger partial charge in [0.15, 0.2) is 5.82 Å². The van der Waals surface area contributed by atoms with E-state index in [-0.39, 0.29) is 18.4 Å². The Labute approximate surface area is 144 Å². The average molecular weight is 338 g/mol. The molecule has 0 fully saturated rings. The lowest BCUT2D eigenvalue weighted by Gasteiger charge is -2.13. The molecule has 2 N–H and O–H groups in total. The summed E-state index contributed by atoms with van der Waals surface area (Å²) in [5.41, 5.74) is 1.20. The number of nitrogens with zero attached hydrogens (tertiary/aromatic N) is 3. The molecule has 25 heavy (non-hydrogen) atoms. The smallest absolute Gasteiger partial charge is 0.254 e. The van der Waals surface area contributed by atoms with Crippen LogP contribution in [-0.2, 0) is 6.42 Å². The molecule has 3 rings (SSSR count). The Morgan fingerprint density at radius 1 is 1.20 bits per heavy atom. The van der Waals surface area contributed by atoms with E-state index in [4.69, 9.17) is 4.42 Å². The van der Waals surface area contributed by atoms with Crippen molar-refractivity contribution in [2.75, 3.05) is 13.2 Å². The second-order valence-electron chi connectivity index (χ2n) is 5.57. The van der Waals surface area contributed by atoms with Crippen molar-refractivity contribution in [2.24, 2.45) is 5.92 Å². The van der Waals surface area contributed by atoms with E-state index in [1.54, 1.807) is 36.9 Å². The molecular formula is C18H18N4O3. The van der Waals surface area contributed by atoms with E-state index in [2.05, 4.69) is 20.3 Å². The molecule has 0 aliphatic carbocycles. The minimum Gasteiger partial charge on any atom is -0.469 e. The van der Waals surface area contributed by atoms with Crippen LogP contribution in [0.3, 0.4) is 0 Å². The van der Waals surface area contributed by atoms with Gasteiger partial charge in [-0.05, 0) is 24.3 Å². The third kappa shape index (κ3) is 4.48. The highest BCUT2D eigenvalue weighted by atomic mass is 16.3. The Hall–Kier alpha value is -3.06. The fourth-order valence-corrected chi connectivity index (χ4v) is 2.35. The number of hydrogen-bond acceptors (Lipinski definition) is 6. The number of carbonyl (C=O) groups excluding carboxylic acids is 1. The zero-order valence-corrected chi connectivity index (χ0v) is 13.5. The van der Waals surface area contributed by atoms with Crippen molar-refractivity contribution in [3.8, 4) is 11.4 Å². The highest BCUT2D eigenvalue weighted by Gasteiger charge is 2.14. The predicted octanol–water partition coefficient (Wildman–Crippen LogP) is 1.71. The molecule has 3 aromatic heterocycles. The van der Waals surface area contributed by atoms with Crippen molar-refractivity contribution in [3.05, 3.63) is 66.6 Å². The summed E-state index contributed by atoms with van der Waals surface area (Å²) >= 11 is 0. The molecule has 0 saturated heterocycles. The van der Waals surface area contributed by atoms with Crippen molar-refractivity contribution in [2.45, 2.75) is 6.42 Å². The summed E-state index contributed by atoms with van der Waals surface area (Å²) in [7, 11) is 0. The molecule has 3 heterocycles. The minimum atomic E-state index is -0.279. The van der Waals surface area contributed by atoms with Gasteiger partial charge in [0.1, 0.15) is 5.76 Å². The molecular weight excluding hydrogens is 320 g/mol. The average Bonchev–Trinajstić information content (AvgIpc) is 3.19. The van der Waals surface area contributed by atoms with Crippen LogP contribution in [0.25, 0.3) is 11.4 Å². The maximum absolute atomic E-state index is 12.2. The molecule has 0 bridgehead atoms. The highest BCUT2D eigenvalue weighted by Crippen LogP contribution is 2.12. The predicted molar refractivity (Wildman–Crippen MR) is 90.6 cm³/mol. The quantitative estimate of drug-likeness (QED) is 0.680. The Bertz CT molecular complexity index is 789. The molecule has 0 aliphatic heterocycles. The van der Waals surface area contributed by atoms with Crippen LogP contribution in [0.4, 0.5) is 0 Å². The zero-order valence-electron chi connectivity index (χ0n) is 13.5. The van der Waals surface area contributed by atoms with Gasteiger partial charge in [0.05, 0.1) is 11.8 Å². The zero-order chi connectivity index (χ0) is 17.5. The van der Waals surface area contributed by atoms with E-state index in [1.807, 2.05) is 6.07 Å². The summed E-state index contributed by atoms with van der Waals surface area (Å²) in [6.07, 6.45) is 8.43. The standard InChI is InChI=1S/C18H18N4O3/c23-12-13(8-16-2-1-7-25-16)9-22-18(24)15-10-20-17(21-11-15)14-3-5-19-6-4-14/h1-7,10-11,13,23H,8-9,12H2,(H,22,24). The molecule has 1 atom stereocenters. The number of aliphatic hydroxyl groups excluding tert-OH is 1. The normalized spacial score (nSPS) is 11.9. The first-order valence-electron chi connectivity index (χ1n) is 7.90. The van der Waals surface area contributed by atoms with E-state index in [1.165, 1.54) is 12.4 Å². The van der Waals surface area contributed by atoms with Crippen LogP contribution in [0.2, 0.25) is 0 Å². The van der Waals surface area contributed by atoms with E-state index >= 15 is 0 Å². The van der Waals surface area contributed by atoms with Gasteiger partial charge in [-0.1, -0.05) is 0 Å². The number of amides is 1. The maximum Gasteiger partial charge on any atom is 0.254 e. The molecule has 128 valence electrons. The Kier molecular flexibility index (Phi) is 5.48. The molecule has 0 saturated carbocycles. The first-order chi connectivity index (χ1) is 12.3. The summed E-state index contributed by atoms with van der Waals surface area (Å²) in [4.78, 5) is 24.6. The lowest BCUT2D eigenvalue weighted by Crippen LogP contribution is -2.32. The summed E-state index contributed by atoms with van der Waals surface area (Å²) in [6, 6.07) is 7.24. The molecule has 0 aliphatic rings. The van der Waals surface area contributed by atoms with Crippen molar-refractivity contribution >= 4 is 5.91 Å². The first kappa shape index (κ1) is 16.8. The Morgan fingerprint density at radius 2 is 1.96 bits per heavy atom. The van der Waals surface area contributed by atoms with Gasteiger partial charge in [0.2, 0.25) is 0 Å². The van der Waals surface area contributed by atoms with Crippen LogP contribution in [0.5, 0.6) is 0 Å². The summed E-state index contributed by atoms with van der Waals surface area (Å²) < 4.78 is 5.26. The van der Waals surface area contributed by atoms with Crippen molar-refractivity contribution in [1.29, 1.82) is 0 Å². The van der Waals surface area contributed by atoms with Crippen LogP contribution in [0, 0.1) is 5.92 Å². The van der Waals surface area contributed by atoms with Crippen LogP contribution in [0.15, 0.2) is 59.7 Å². The fourth-order valence-electron chi connectivity index (χ4n) is 2.35. The van der Waals surface area contributed by atoms with Gasteiger partial charge < -0.3 is 14.8 Å². The Morgan fingerprint density at radius 3 is 2.60 bits per heavy atom. The number of furan rings is 1. The van der Waals surface area contributed by atoms with Crippen LogP contribution in [0.1, 0.15) is 16.1 Å². The molecule has 0 aromatic carbocycles. The second kappa shape index (κ2) is 8.16. The molecule has 3 aromatic rings. The maximum atomic E-state index is 12.2. The van der Waals surface area contributed by atoms with E-state index in [9.17, 15) is 9.90 Å². The number of rotatable bonds is 7. The molecule has 1 amide bonds. The molecule has 1 unspecified atom stereocenters. The van der Waals surface area contributed by atoms with Crippen molar-refractivity contribution < 1.29 is 14.3 Å². The van der Waals surface area contributed by atoms with Crippen LogP contribution >= 0.6 is 0 Å². The third-order valence-electron chi connectivity index (χ3n) is 3.73. The monoisotopic (exact) mass is 338 g/mol. The van der Waals surface area contributed by atoms with Gasteiger partial charge in [-0.2, -0.15) is 0 Å². The molecule has 7 heteroatoms. The summed E-state index contributed by atoms with van der Waals surface area (Å²) in [6.45, 7) is 0.292. The number of aromatic nitrogens is 3. The molecule has 0 radical (unpaired) electrons. The number of aliphatic hydroxyl groups is 1. The number of nitrogens with one attached hydrogen (secondary N) is 1. The number of pyridine rings is 1. The van der Waals surface area contributed by atoms with Crippen LogP contribution < -0.4 is 5.32 Å². The van der Waals surface area contributed by atoms with Gasteiger partial charge in [-0.15, -0.1) is 0 Å². The van der Waals surface area contributed by atoms with Gasteiger partial charge in [0, 0.05) is 55.8 Å². The van der Waals surface area contributed by atoms with Gasteiger partial charge in [0.25, 0.3) is 5.91 Å². The van der Waals surface area contributed by atoms with E-state index in [0.717, 1.165) is 11.3 Å². The van der Waals surface area contributed by atoms with Crippen molar-refractivity contribution in [3.63, 3.8) is 0 Å². The van der Waals surface area contributed by atoms with Gasteiger partial charge >= 0.3 is 0 Å². The third-order valence-corrected chi connectivity index (χ3v) is 3.73. The summed E-state index contributed by atoms with van der Waals surface area (Å²) in [5.74, 6) is 0.912. The lowest BCUT2D eigenvalue weighted by atomic mass is 10.1. The van der Waals surface area contributed by atoms with Gasteiger partial charge in [-0.3, -0.25) is 9.78 Å². The Balaban J connectivity index is 1.57. The number of carbonyl (C=O) groups is 1. The van der Waals surface area contributed by atoms with Crippen LogP contribution in [-0.4, -0.2) is 39.1 Å². The molecule has 7 nitrogen and oxygen atoms in total. The van der Waals surface area contributed by atoms with Crippen molar-refractivity contribution in [1.82, 2.24) is 20.3 Å². The number of hydrogen-bond donors (Lipinski definition) is 2. The van der Waals surface area contributed by atoms with E-state index < -0.39 is 0 Å². The summed E-state index contributed by atoms with van der Waals surface area (Å²) in [5, 5.41) is 12.2. The van der Waals surface area contributed by atoms with Gasteiger partial charge in [-0.25, -0.2) is 9.97 Å². The largest absolute Gasteiger partial charge is 0.469 e. The highest BCUT2D eigenvalue weighted by molar-refractivity contribution is 5.93. The lowest BCUT2D eigenvalue weighted by molar-refractivity contribution is 0.0938. The minimum absolute atomic E-state index is 0.0432. The molecule has 0 spiro atoms. The topological polar surface area (TPSA) is 101 Å².